The van der Waals surface area contributed by atoms with Crippen LogP contribution in [0.15, 0.2) is 24.3 Å². The summed E-state index contributed by atoms with van der Waals surface area (Å²) in [6.07, 6.45) is -0.0195. The van der Waals surface area contributed by atoms with E-state index in [0.29, 0.717) is 17.2 Å². The SMILES string of the molecule is CC[C@H](Oc1ccc(Cl)cc1)C(N)=O. The molecule has 0 aliphatic heterocycles. The molecule has 14 heavy (non-hydrogen) atoms. The number of halogens is 1. The molecule has 1 aromatic carbocycles. The van der Waals surface area contributed by atoms with Crippen LogP contribution in [0.2, 0.25) is 5.02 Å². The van der Waals surface area contributed by atoms with E-state index in [9.17, 15) is 4.79 Å². The maximum atomic E-state index is 10.9. The van der Waals surface area contributed by atoms with E-state index in [1.54, 1.807) is 24.3 Å². The summed E-state index contributed by atoms with van der Waals surface area (Å²) >= 11 is 5.70. The van der Waals surface area contributed by atoms with Gasteiger partial charge in [-0.05, 0) is 30.7 Å². The Kier molecular flexibility index (Phi) is 3.77. The molecule has 0 spiro atoms. The Hall–Kier alpha value is -1.22. The fourth-order valence-electron chi connectivity index (χ4n) is 1.02. The predicted octanol–water partition coefficient (Wildman–Crippen LogP) is 1.98. The van der Waals surface area contributed by atoms with Crippen LogP contribution in [-0.4, -0.2) is 12.0 Å². The Balaban J connectivity index is 2.67. The molecule has 0 unspecified atom stereocenters. The summed E-state index contributed by atoms with van der Waals surface area (Å²) in [4.78, 5) is 10.9. The standard InChI is InChI=1S/C10H12ClNO2/c1-2-9(10(12)13)14-8-5-3-7(11)4-6-8/h3-6,9H,2H2,1H3,(H2,12,13)/t9-/m0/s1. The minimum absolute atomic E-state index is 0.456. The zero-order valence-electron chi connectivity index (χ0n) is 7.87. The van der Waals surface area contributed by atoms with E-state index in [4.69, 9.17) is 22.1 Å². The second kappa shape index (κ2) is 4.86. The lowest BCUT2D eigenvalue weighted by molar-refractivity contribution is -0.124. The lowest BCUT2D eigenvalue weighted by atomic mass is 10.2. The molecule has 0 heterocycles. The molecule has 0 aliphatic carbocycles. The van der Waals surface area contributed by atoms with Crippen molar-refractivity contribution in [1.29, 1.82) is 0 Å². The van der Waals surface area contributed by atoms with Gasteiger partial charge in [-0.1, -0.05) is 18.5 Å². The van der Waals surface area contributed by atoms with Gasteiger partial charge in [-0.2, -0.15) is 0 Å². The highest BCUT2D eigenvalue weighted by Gasteiger charge is 2.13. The van der Waals surface area contributed by atoms with Gasteiger partial charge in [0.15, 0.2) is 6.10 Å². The van der Waals surface area contributed by atoms with Gasteiger partial charge in [-0.15, -0.1) is 0 Å². The normalized spacial score (nSPS) is 12.1. The van der Waals surface area contributed by atoms with Crippen LogP contribution in [0.1, 0.15) is 13.3 Å². The van der Waals surface area contributed by atoms with Crippen LogP contribution in [0.3, 0.4) is 0 Å². The third kappa shape index (κ3) is 2.92. The highest BCUT2D eigenvalue weighted by atomic mass is 35.5. The molecule has 1 aromatic rings. The summed E-state index contributed by atoms with van der Waals surface area (Å²) in [6.45, 7) is 1.84. The fraction of sp³-hybridized carbons (Fsp3) is 0.300. The molecule has 0 aromatic heterocycles. The third-order valence-corrected chi connectivity index (χ3v) is 2.03. The van der Waals surface area contributed by atoms with E-state index in [1.165, 1.54) is 0 Å². The minimum Gasteiger partial charge on any atom is -0.481 e. The quantitative estimate of drug-likeness (QED) is 0.832. The summed E-state index contributed by atoms with van der Waals surface area (Å²) in [6, 6.07) is 6.80. The van der Waals surface area contributed by atoms with Crippen molar-refractivity contribution in [3.63, 3.8) is 0 Å². The van der Waals surface area contributed by atoms with Crippen molar-refractivity contribution < 1.29 is 9.53 Å². The van der Waals surface area contributed by atoms with Crippen molar-refractivity contribution in [2.24, 2.45) is 5.73 Å². The number of rotatable bonds is 4. The van der Waals surface area contributed by atoms with Gasteiger partial charge in [-0.25, -0.2) is 0 Å². The number of benzene rings is 1. The maximum Gasteiger partial charge on any atom is 0.258 e. The first-order valence-electron chi connectivity index (χ1n) is 4.35. The summed E-state index contributed by atoms with van der Waals surface area (Å²) < 4.78 is 5.35. The van der Waals surface area contributed by atoms with E-state index in [2.05, 4.69) is 0 Å². The molecule has 2 N–H and O–H groups in total. The molecular weight excluding hydrogens is 202 g/mol. The van der Waals surface area contributed by atoms with Crippen LogP contribution in [0.4, 0.5) is 0 Å². The molecule has 0 aliphatic rings. The second-order valence-corrected chi connectivity index (χ2v) is 3.31. The smallest absolute Gasteiger partial charge is 0.258 e. The molecule has 0 bridgehead atoms. The van der Waals surface area contributed by atoms with E-state index >= 15 is 0 Å². The Morgan fingerprint density at radius 1 is 1.50 bits per heavy atom. The lowest BCUT2D eigenvalue weighted by Gasteiger charge is -2.13. The van der Waals surface area contributed by atoms with Crippen LogP contribution >= 0.6 is 11.6 Å². The maximum absolute atomic E-state index is 10.9. The predicted molar refractivity (Wildman–Crippen MR) is 55.4 cm³/mol. The Morgan fingerprint density at radius 3 is 2.50 bits per heavy atom. The van der Waals surface area contributed by atoms with Crippen molar-refractivity contribution >= 4 is 17.5 Å². The van der Waals surface area contributed by atoms with Crippen molar-refractivity contribution in [2.75, 3.05) is 0 Å². The molecule has 4 heteroatoms. The van der Waals surface area contributed by atoms with Gasteiger partial charge in [-0.3, -0.25) is 4.79 Å². The summed E-state index contributed by atoms with van der Waals surface area (Å²) in [7, 11) is 0. The number of amides is 1. The number of ether oxygens (including phenoxy) is 1. The average molecular weight is 214 g/mol. The van der Waals surface area contributed by atoms with Gasteiger partial charge < -0.3 is 10.5 Å². The van der Waals surface area contributed by atoms with Gasteiger partial charge in [0.2, 0.25) is 0 Å². The third-order valence-electron chi connectivity index (χ3n) is 1.78. The fourth-order valence-corrected chi connectivity index (χ4v) is 1.15. The van der Waals surface area contributed by atoms with Gasteiger partial charge in [0, 0.05) is 5.02 Å². The van der Waals surface area contributed by atoms with Gasteiger partial charge in [0.05, 0.1) is 0 Å². The lowest BCUT2D eigenvalue weighted by Crippen LogP contribution is -2.32. The first kappa shape index (κ1) is 10.9. The number of hydrogen-bond donors (Lipinski definition) is 1. The molecule has 1 atom stereocenters. The van der Waals surface area contributed by atoms with Crippen molar-refractivity contribution in [1.82, 2.24) is 0 Å². The number of carbonyl (C=O) groups is 1. The number of primary amides is 1. The first-order chi connectivity index (χ1) is 6.63. The minimum atomic E-state index is -0.573. The zero-order valence-corrected chi connectivity index (χ0v) is 8.62. The molecule has 0 radical (unpaired) electrons. The zero-order chi connectivity index (χ0) is 10.6. The van der Waals surface area contributed by atoms with E-state index in [1.807, 2.05) is 6.92 Å². The van der Waals surface area contributed by atoms with Crippen LogP contribution < -0.4 is 10.5 Å². The highest BCUT2D eigenvalue weighted by molar-refractivity contribution is 6.30. The van der Waals surface area contributed by atoms with Crippen LogP contribution in [-0.2, 0) is 4.79 Å². The molecule has 0 saturated heterocycles. The number of hydrogen-bond acceptors (Lipinski definition) is 2. The highest BCUT2D eigenvalue weighted by Crippen LogP contribution is 2.17. The first-order valence-corrected chi connectivity index (χ1v) is 4.72. The topological polar surface area (TPSA) is 52.3 Å². The summed E-state index contributed by atoms with van der Waals surface area (Å²) in [5.74, 6) is 0.141. The molecule has 0 saturated carbocycles. The monoisotopic (exact) mass is 213 g/mol. The van der Waals surface area contributed by atoms with Gasteiger partial charge in [0.25, 0.3) is 5.91 Å². The van der Waals surface area contributed by atoms with E-state index < -0.39 is 12.0 Å². The molecule has 0 fully saturated rings. The Labute approximate surface area is 87.8 Å². The molecule has 76 valence electrons. The molecular formula is C10H12ClNO2. The number of nitrogens with two attached hydrogens (primary N) is 1. The molecule has 1 rings (SSSR count). The summed E-state index contributed by atoms with van der Waals surface area (Å²) in [5.41, 5.74) is 5.13. The molecule has 3 nitrogen and oxygen atoms in total. The van der Waals surface area contributed by atoms with E-state index in [0.717, 1.165) is 0 Å². The van der Waals surface area contributed by atoms with Crippen LogP contribution in [0.25, 0.3) is 0 Å². The van der Waals surface area contributed by atoms with Gasteiger partial charge in [0.1, 0.15) is 5.75 Å². The van der Waals surface area contributed by atoms with Crippen molar-refractivity contribution in [3.05, 3.63) is 29.3 Å². The summed E-state index contributed by atoms with van der Waals surface area (Å²) in [5, 5.41) is 0.629. The molecule has 1 amide bonds. The van der Waals surface area contributed by atoms with Gasteiger partial charge >= 0.3 is 0 Å². The Morgan fingerprint density at radius 2 is 2.07 bits per heavy atom. The van der Waals surface area contributed by atoms with Crippen molar-refractivity contribution in [3.8, 4) is 5.75 Å². The second-order valence-electron chi connectivity index (χ2n) is 2.87. The average Bonchev–Trinajstić information content (AvgIpc) is 2.16. The van der Waals surface area contributed by atoms with Crippen LogP contribution in [0, 0.1) is 0 Å². The number of carbonyl (C=O) groups excluding carboxylic acids is 1. The van der Waals surface area contributed by atoms with Crippen LogP contribution in [0.5, 0.6) is 5.75 Å². The largest absolute Gasteiger partial charge is 0.481 e. The van der Waals surface area contributed by atoms with E-state index in [-0.39, 0.29) is 0 Å². The van der Waals surface area contributed by atoms with Crippen molar-refractivity contribution in [2.45, 2.75) is 19.4 Å². The Bertz CT molecular complexity index is 310.